The molecule has 0 bridgehead atoms. The fourth-order valence-corrected chi connectivity index (χ4v) is 2.41. The molecule has 1 amide bonds. The Morgan fingerprint density at radius 1 is 1.32 bits per heavy atom. The van der Waals surface area contributed by atoms with Crippen LogP contribution in [0.2, 0.25) is 0 Å². The van der Waals surface area contributed by atoms with Crippen LogP contribution in [0, 0.1) is 13.8 Å². The monoisotopic (exact) mass is 301 g/mol. The lowest BCUT2D eigenvalue weighted by molar-refractivity contribution is -0.116. The highest BCUT2D eigenvalue weighted by atomic mass is 16.5. The Bertz CT molecular complexity index is 662. The maximum absolute atomic E-state index is 12.2. The van der Waals surface area contributed by atoms with Crippen molar-refractivity contribution in [2.24, 2.45) is 7.05 Å². The zero-order valence-electron chi connectivity index (χ0n) is 13.6. The van der Waals surface area contributed by atoms with Crippen molar-refractivity contribution in [3.63, 3.8) is 0 Å². The second-order valence-corrected chi connectivity index (χ2v) is 5.26. The largest absolute Gasteiger partial charge is 0.494 e. The van der Waals surface area contributed by atoms with E-state index in [2.05, 4.69) is 10.4 Å². The smallest absolute Gasteiger partial charge is 0.224 e. The Morgan fingerprint density at radius 3 is 2.68 bits per heavy atom. The van der Waals surface area contributed by atoms with Crippen LogP contribution in [0.15, 0.2) is 24.3 Å². The number of amides is 1. The van der Waals surface area contributed by atoms with Gasteiger partial charge in [-0.1, -0.05) is 18.2 Å². The number of carbonyl (C=O) groups is 1. The maximum Gasteiger partial charge on any atom is 0.224 e. The van der Waals surface area contributed by atoms with Crippen molar-refractivity contribution >= 4 is 11.6 Å². The van der Waals surface area contributed by atoms with E-state index in [-0.39, 0.29) is 5.91 Å². The number of carbonyl (C=O) groups excluding carboxylic acids is 1. The second kappa shape index (κ2) is 7.11. The van der Waals surface area contributed by atoms with Gasteiger partial charge in [-0.05, 0) is 38.8 Å². The van der Waals surface area contributed by atoms with Crippen molar-refractivity contribution in [1.82, 2.24) is 9.78 Å². The first-order chi connectivity index (χ1) is 10.5. The predicted molar refractivity (Wildman–Crippen MR) is 87.2 cm³/mol. The Kier molecular flexibility index (Phi) is 5.20. The van der Waals surface area contributed by atoms with E-state index < -0.39 is 0 Å². The third-order valence-electron chi connectivity index (χ3n) is 3.67. The minimum absolute atomic E-state index is 0.00879. The van der Waals surface area contributed by atoms with Gasteiger partial charge in [0, 0.05) is 13.5 Å². The van der Waals surface area contributed by atoms with Crippen molar-refractivity contribution in [2.75, 3.05) is 11.9 Å². The minimum Gasteiger partial charge on any atom is -0.494 e. The van der Waals surface area contributed by atoms with Gasteiger partial charge in [0.15, 0.2) is 0 Å². The van der Waals surface area contributed by atoms with E-state index in [0.29, 0.717) is 19.4 Å². The summed E-state index contributed by atoms with van der Waals surface area (Å²) in [5.41, 5.74) is 3.66. The van der Waals surface area contributed by atoms with Crippen molar-refractivity contribution in [2.45, 2.75) is 33.6 Å². The Balaban J connectivity index is 1.99. The number of para-hydroxylation sites is 1. The molecule has 0 fully saturated rings. The van der Waals surface area contributed by atoms with Crippen LogP contribution in [0.1, 0.15) is 30.3 Å². The molecule has 1 aromatic carbocycles. The maximum atomic E-state index is 12.2. The van der Waals surface area contributed by atoms with Crippen LogP contribution in [0.25, 0.3) is 0 Å². The van der Waals surface area contributed by atoms with Gasteiger partial charge in [0.05, 0.1) is 23.7 Å². The van der Waals surface area contributed by atoms with Gasteiger partial charge in [-0.3, -0.25) is 9.48 Å². The van der Waals surface area contributed by atoms with E-state index >= 15 is 0 Å². The molecule has 0 aliphatic rings. The van der Waals surface area contributed by atoms with Gasteiger partial charge in [-0.25, -0.2) is 0 Å². The molecule has 0 saturated heterocycles. The molecule has 0 aliphatic heterocycles. The quantitative estimate of drug-likeness (QED) is 0.892. The second-order valence-electron chi connectivity index (χ2n) is 5.26. The highest BCUT2D eigenvalue weighted by Gasteiger charge is 2.13. The number of nitrogens with one attached hydrogen (secondary N) is 1. The predicted octanol–water partition coefficient (Wildman–Crippen LogP) is 3.01. The van der Waals surface area contributed by atoms with Crippen LogP contribution in [0.3, 0.4) is 0 Å². The van der Waals surface area contributed by atoms with E-state index in [9.17, 15) is 4.79 Å². The molecule has 0 atom stereocenters. The van der Waals surface area contributed by atoms with Crippen LogP contribution in [0.5, 0.6) is 5.75 Å². The summed E-state index contributed by atoms with van der Waals surface area (Å²) >= 11 is 0. The number of aryl methyl sites for hydroxylation is 3. The summed E-state index contributed by atoms with van der Waals surface area (Å²) in [7, 11) is 1.87. The molecule has 1 aromatic heterocycles. The first-order valence-corrected chi connectivity index (χ1v) is 7.53. The van der Waals surface area contributed by atoms with Crippen LogP contribution < -0.4 is 10.1 Å². The number of hydrogen-bond acceptors (Lipinski definition) is 3. The van der Waals surface area contributed by atoms with Gasteiger partial charge in [-0.2, -0.15) is 5.10 Å². The Hall–Kier alpha value is -2.30. The van der Waals surface area contributed by atoms with Crippen molar-refractivity contribution in [3.8, 4) is 5.75 Å². The molecule has 1 N–H and O–H groups in total. The number of ether oxygens (including phenoxy) is 1. The molecule has 0 unspecified atom stereocenters. The molecule has 118 valence electrons. The highest BCUT2D eigenvalue weighted by Crippen LogP contribution is 2.21. The SMILES string of the molecule is CCOc1ccccc1CCC(=O)Nc1c(C)nn(C)c1C. The number of hydrogen-bond donors (Lipinski definition) is 1. The van der Waals surface area contributed by atoms with Gasteiger partial charge in [0.1, 0.15) is 5.75 Å². The van der Waals surface area contributed by atoms with Crippen LogP contribution in [-0.4, -0.2) is 22.3 Å². The van der Waals surface area contributed by atoms with E-state index in [1.165, 1.54) is 0 Å². The first-order valence-electron chi connectivity index (χ1n) is 7.53. The number of nitrogens with zero attached hydrogens (tertiary/aromatic N) is 2. The van der Waals surface area contributed by atoms with E-state index in [1.54, 1.807) is 4.68 Å². The molecular formula is C17H23N3O2. The van der Waals surface area contributed by atoms with Gasteiger partial charge in [0.25, 0.3) is 0 Å². The zero-order valence-corrected chi connectivity index (χ0v) is 13.6. The Labute approximate surface area is 131 Å². The molecule has 5 heteroatoms. The van der Waals surface area contributed by atoms with Gasteiger partial charge in [-0.15, -0.1) is 0 Å². The van der Waals surface area contributed by atoms with Crippen LogP contribution in [-0.2, 0) is 18.3 Å². The molecule has 1 heterocycles. The summed E-state index contributed by atoms with van der Waals surface area (Å²) in [5, 5.41) is 7.26. The summed E-state index contributed by atoms with van der Waals surface area (Å²) in [6.45, 7) is 6.42. The number of anilines is 1. The van der Waals surface area contributed by atoms with Gasteiger partial charge in [0.2, 0.25) is 5.91 Å². The molecule has 22 heavy (non-hydrogen) atoms. The lowest BCUT2D eigenvalue weighted by Gasteiger charge is -2.10. The molecule has 2 aromatic rings. The molecule has 5 nitrogen and oxygen atoms in total. The van der Waals surface area contributed by atoms with Crippen molar-refractivity contribution in [3.05, 3.63) is 41.2 Å². The molecule has 0 radical (unpaired) electrons. The first kappa shape index (κ1) is 16.1. The lowest BCUT2D eigenvalue weighted by atomic mass is 10.1. The molecule has 0 aliphatic carbocycles. The summed E-state index contributed by atoms with van der Waals surface area (Å²) in [6.07, 6.45) is 1.07. The summed E-state index contributed by atoms with van der Waals surface area (Å²) in [6, 6.07) is 7.84. The molecule has 0 spiro atoms. The van der Waals surface area contributed by atoms with Gasteiger partial charge >= 0.3 is 0 Å². The van der Waals surface area contributed by atoms with E-state index in [4.69, 9.17) is 4.74 Å². The average molecular weight is 301 g/mol. The highest BCUT2D eigenvalue weighted by molar-refractivity contribution is 5.92. The Morgan fingerprint density at radius 2 is 2.05 bits per heavy atom. The van der Waals surface area contributed by atoms with Crippen LogP contribution >= 0.6 is 0 Å². The van der Waals surface area contributed by atoms with Crippen molar-refractivity contribution < 1.29 is 9.53 Å². The van der Waals surface area contributed by atoms with Crippen LogP contribution in [0.4, 0.5) is 5.69 Å². The third kappa shape index (κ3) is 3.67. The lowest BCUT2D eigenvalue weighted by Crippen LogP contribution is -2.14. The molecular weight excluding hydrogens is 278 g/mol. The molecule has 0 saturated carbocycles. The average Bonchev–Trinajstić information content (AvgIpc) is 2.73. The van der Waals surface area contributed by atoms with E-state index in [1.807, 2.05) is 52.1 Å². The zero-order chi connectivity index (χ0) is 16.1. The number of benzene rings is 1. The molecule has 2 rings (SSSR count). The topological polar surface area (TPSA) is 56.1 Å². The fourth-order valence-electron chi connectivity index (χ4n) is 2.41. The fraction of sp³-hybridized carbons (Fsp3) is 0.412. The van der Waals surface area contributed by atoms with E-state index in [0.717, 1.165) is 28.4 Å². The number of rotatable bonds is 6. The minimum atomic E-state index is -0.00879. The van der Waals surface area contributed by atoms with Gasteiger partial charge < -0.3 is 10.1 Å². The standard InChI is InChI=1S/C17H23N3O2/c1-5-22-15-9-7-6-8-14(15)10-11-16(21)18-17-12(2)19-20(4)13(17)3/h6-9H,5,10-11H2,1-4H3,(H,18,21). The normalized spacial score (nSPS) is 10.5. The number of aromatic nitrogens is 2. The summed E-state index contributed by atoms with van der Waals surface area (Å²) in [5.74, 6) is 0.844. The summed E-state index contributed by atoms with van der Waals surface area (Å²) < 4.78 is 7.36. The summed E-state index contributed by atoms with van der Waals surface area (Å²) in [4.78, 5) is 12.2. The third-order valence-corrected chi connectivity index (χ3v) is 3.67. The van der Waals surface area contributed by atoms with Crippen molar-refractivity contribution in [1.29, 1.82) is 0 Å².